The van der Waals surface area contributed by atoms with Gasteiger partial charge >= 0.3 is 0 Å². The third kappa shape index (κ3) is 3.07. The molecule has 0 saturated carbocycles. The zero-order chi connectivity index (χ0) is 19.1. The van der Waals surface area contributed by atoms with Crippen molar-refractivity contribution in [2.75, 3.05) is 5.32 Å². The average molecular weight is 362 g/mol. The molecule has 0 saturated heterocycles. The molecule has 2 N–H and O–H groups in total. The van der Waals surface area contributed by atoms with Gasteiger partial charge in [0.25, 0.3) is 5.91 Å². The van der Waals surface area contributed by atoms with E-state index in [4.69, 9.17) is 0 Å². The van der Waals surface area contributed by atoms with Crippen LogP contribution in [-0.4, -0.2) is 21.4 Å². The second-order valence-corrected chi connectivity index (χ2v) is 7.25. The van der Waals surface area contributed by atoms with Crippen LogP contribution in [0.1, 0.15) is 54.0 Å². The fourth-order valence-electron chi connectivity index (χ4n) is 3.69. The summed E-state index contributed by atoms with van der Waals surface area (Å²) in [5.74, 6) is 1.07. The summed E-state index contributed by atoms with van der Waals surface area (Å²) in [7, 11) is 2.00. The highest BCUT2D eigenvalue weighted by molar-refractivity contribution is 6.00. The molecule has 4 rings (SSSR count). The largest absolute Gasteiger partial charge is 0.345 e. The lowest BCUT2D eigenvalue weighted by Crippen LogP contribution is -2.24. The van der Waals surface area contributed by atoms with E-state index in [0.717, 1.165) is 22.4 Å². The van der Waals surface area contributed by atoms with Gasteiger partial charge in [-0.05, 0) is 29.8 Å². The number of hydrogen-bond donors (Lipinski definition) is 2. The molecule has 2 heterocycles. The first-order valence-electron chi connectivity index (χ1n) is 9.10. The summed E-state index contributed by atoms with van der Waals surface area (Å²) >= 11 is 0. The molecule has 2 amide bonds. The molecular formula is C21H22N4O2. The van der Waals surface area contributed by atoms with Crippen LogP contribution in [0.2, 0.25) is 0 Å². The van der Waals surface area contributed by atoms with Crippen molar-refractivity contribution in [3.63, 3.8) is 0 Å². The highest BCUT2D eigenvalue weighted by Crippen LogP contribution is 2.28. The fraction of sp³-hybridized carbons (Fsp3) is 0.286. The Bertz CT molecular complexity index is 1050. The highest BCUT2D eigenvalue weighted by Gasteiger charge is 2.29. The van der Waals surface area contributed by atoms with E-state index in [1.165, 1.54) is 0 Å². The van der Waals surface area contributed by atoms with Gasteiger partial charge in [-0.15, -0.1) is 0 Å². The molecule has 0 radical (unpaired) electrons. The van der Waals surface area contributed by atoms with Crippen LogP contribution in [0, 0.1) is 0 Å². The van der Waals surface area contributed by atoms with Crippen LogP contribution < -0.4 is 10.6 Å². The number of hydrogen-bond acceptors (Lipinski definition) is 3. The van der Waals surface area contributed by atoms with Gasteiger partial charge in [0, 0.05) is 24.2 Å². The predicted octanol–water partition coefficient (Wildman–Crippen LogP) is 3.51. The number of carbonyl (C=O) groups is 2. The molecule has 1 atom stereocenters. The van der Waals surface area contributed by atoms with Crippen LogP contribution in [0.25, 0.3) is 11.0 Å². The molecule has 0 unspecified atom stereocenters. The molecule has 0 bridgehead atoms. The number of aromatic nitrogens is 2. The van der Waals surface area contributed by atoms with E-state index in [0.29, 0.717) is 17.2 Å². The molecule has 1 aliphatic heterocycles. The Morgan fingerprint density at radius 1 is 1.26 bits per heavy atom. The number of nitrogens with one attached hydrogen (secondary N) is 2. The summed E-state index contributed by atoms with van der Waals surface area (Å²) in [6.45, 7) is 4.22. The third-order valence-electron chi connectivity index (χ3n) is 4.99. The van der Waals surface area contributed by atoms with E-state index in [-0.39, 0.29) is 24.3 Å². The summed E-state index contributed by atoms with van der Waals surface area (Å²) in [4.78, 5) is 29.2. The normalized spacial score (nSPS) is 15.9. The predicted molar refractivity (Wildman–Crippen MR) is 105 cm³/mol. The first-order valence-corrected chi connectivity index (χ1v) is 9.10. The zero-order valence-corrected chi connectivity index (χ0v) is 15.6. The van der Waals surface area contributed by atoms with Crippen molar-refractivity contribution in [1.82, 2.24) is 14.9 Å². The number of amides is 2. The van der Waals surface area contributed by atoms with Crippen LogP contribution in [0.4, 0.5) is 5.69 Å². The van der Waals surface area contributed by atoms with E-state index < -0.39 is 0 Å². The minimum atomic E-state index is -0.292. The second-order valence-electron chi connectivity index (χ2n) is 7.25. The number of carbonyl (C=O) groups excluding carboxylic acids is 2. The number of rotatable bonds is 4. The molecule has 1 aromatic heterocycles. The fourth-order valence-corrected chi connectivity index (χ4v) is 3.69. The van der Waals surface area contributed by atoms with E-state index in [2.05, 4.69) is 34.0 Å². The Labute approximate surface area is 157 Å². The molecule has 27 heavy (non-hydrogen) atoms. The van der Waals surface area contributed by atoms with Crippen LogP contribution in [0.3, 0.4) is 0 Å². The smallest absolute Gasteiger partial charge is 0.252 e. The Balaban J connectivity index is 1.51. The lowest BCUT2D eigenvalue weighted by Gasteiger charge is -2.12. The minimum Gasteiger partial charge on any atom is -0.345 e. The van der Waals surface area contributed by atoms with E-state index in [1.54, 1.807) is 6.07 Å². The number of benzene rings is 2. The molecule has 2 aromatic carbocycles. The van der Waals surface area contributed by atoms with Gasteiger partial charge in [-0.2, -0.15) is 0 Å². The SMILES string of the molecule is CC(C)c1nc2cc(NC(=O)C[C@H]3NC(=O)c4ccccc43)ccc2n1C. The van der Waals surface area contributed by atoms with Gasteiger partial charge in [0.05, 0.1) is 23.5 Å². The maximum absolute atomic E-state index is 12.5. The highest BCUT2D eigenvalue weighted by atomic mass is 16.2. The number of aryl methyl sites for hydroxylation is 1. The van der Waals surface area contributed by atoms with Gasteiger partial charge in [0.15, 0.2) is 0 Å². The second kappa shape index (κ2) is 6.54. The maximum Gasteiger partial charge on any atom is 0.252 e. The molecule has 0 aliphatic carbocycles. The molecule has 0 spiro atoms. The Morgan fingerprint density at radius 3 is 2.81 bits per heavy atom. The molecule has 6 nitrogen and oxygen atoms in total. The van der Waals surface area contributed by atoms with Crippen molar-refractivity contribution in [3.05, 3.63) is 59.4 Å². The molecule has 0 fully saturated rings. The van der Waals surface area contributed by atoms with Gasteiger partial charge in [-0.1, -0.05) is 32.0 Å². The topological polar surface area (TPSA) is 76.0 Å². The molecule has 138 valence electrons. The van der Waals surface area contributed by atoms with Crippen molar-refractivity contribution >= 4 is 28.5 Å². The Morgan fingerprint density at radius 2 is 2.04 bits per heavy atom. The summed E-state index contributed by atoms with van der Waals surface area (Å²) in [6, 6.07) is 12.8. The first kappa shape index (κ1) is 17.3. The summed E-state index contributed by atoms with van der Waals surface area (Å²) in [5, 5.41) is 5.80. The quantitative estimate of drug-likeness (QED) is 0.746. The van der Waals surface area contributed by atoms with Gasteiger partial charge in [0.1, 0.15) is 5.82 Å². The van der Waals surface area contributed by atoms with E-state index in [1.807, 2.05) is 43.4 Å². The molecule has 6 heteroatoms. The lowest BCUT2D eigenvalue weighted by molar-refractivity contribution is -0.116. The van der Waals surface area contributed by atoms with Gasteiger partial charge in [0.2, 0.25) is 5.91 Å². The standard InChI is InChI=1S/C21H22N4O2/c1-12(2)20-23-17-10-13(8-9-18(17)25(20)3)22-19(26)11-16-14-6-4-5-7-15(14)21(27)24-16/h4-10,12,16H,11H2,1-3H3,(H,22,26)(H,24,27)/t16-/m1/s1. The summed E-state index contributed by atoms with van der Waals surface area (Å²) in [6.07, 6.45) is 0.195. The van der Waals surface area contributed by atoms with Gasteiger partial charge in [-0.25, -0.2) is 4.98 Å². The molecule has 1 aliphatic rings. The minimum absolute atomic E-state index is 0.125. The Kier molecular flexibility index (Phi) is 4.18. The zero-order valence-electron chi connectivity index (χ0n) is 15.6. The van der Waals surface area contributed by atoms with E-state index >= 15 is 0 Å². The van der Waals surface area contributed by atoms with Crippen molar-refractivity contribution < 1.29 is 9.59 Å². The van der Waals surface area contributed by atoms with E-state index in [9.17, 15) is 9.59 Å². The van der Waals surface area contributed by atoms with Gasteiger partial charge < -0.3 is 15.2 Å². The van der Waals surface area contributed by atoms with Crippen LogP contribution in [-0.2, 0) is 11.8 Å². The number of nitrogens with zero attached hydrogens (tertiary/aromatic N) is 2. The lowest BCUT2D eigenvalue weighted by atomic mass is 10.0. The number of imidazole rings is 1. The monoisotopic (exact) mass is 362 g/mol. The van der Waals surface area contributed by atoms with Crippen molar-refractivity contribution in [2.45, 2.75) is 32.2 Å². The van der Waals surface area contributed by atoms with Crippen LogP contribution >= 0.6 is 0 Å². The van der Waals surface area contributed by atoms with Crippen molar-refractivity contribution in [3.8, 4) is 0 Å². The molecule has 3 aromatic rings. The number of fused-ring (bicyclic) bond motifs is 2. The Hall–Kier alpha value is -3.15. The maximum atomic E-state index is 12.5. The van der Waals surface area contributed by atoms with Crippen LogP contribution in [0.5, 0.6) is 0 Å². The van der Waals surface area contributed by atoms with Gasteiger partial charge in [-0.3, -0.25) is 9.59 Å². The summed E-state index contributed by atoms with van der Waals surface area (Å²) < 4.78 is 2.08. The third-order valence-corrected chi connectivity index (χ3v) is 4.99. The number of anilines is 1. The first-order chi connectivity index (χ1) is 12.9. The van der Waals surface area contributed by atoms with Crippen molar-refractivity contribution in [1.29, 1.82) is 0 Å². The van der Waals surface area contributed by atoms with Crippen LogP contribution in [0.15, 0.2) is 42.5 Å². The molecular weight excluding hydrogens is 340 g/mol. The van der Waals surface area contributed by atoms with Crippen molar-refractivity contribution in [2.24, 2.45) is 7.05 Å². The summed E-state index contributed by atoms with van der Waals surface area (Å²) in [5.41, 5.74) is 4.12. The average Bonchev–Trinajstić information content (AvgIpc) is 3.13.